The Hall–Kier alpha value is -0.610. The lowest BCUT2D eigenvalue weighted by Gasteiger charge is -2.01. The highest BCUT2D eigenvalue weighted by atomic mass is 79.9. The fourth-order valence-electron chi connectivity index (χ4n) is 1.59. The van der Waals surface area contributed by atoms with Gasteiger partial charge in [0.1, 0.15) is 0 Å². The molecule has 0 fully saturated rings. The monoisotopic (exact) mass is 298 g/mol. The van der Waals surface area contributed by atoms with Crippen LogP contribution in [0.1, 0.15) is 24.5 Å². The molecule has 86 valence electrons. The highest BCUT2D eigenvalue weighted by Gasteiger charge is 2.10. The molecule has 1 heterocycles. The summed E-state index contributed by atoms with van der Waals surface area (Å²) >= 11 is 5.32. The molecule has 0 amide bonds. The van der Waals surface area contributed by atoms with Gasteiger partial charge in [-0.15, -0.1) is 0 Å². The number of rotatable bonds is 3. The molecule has 2 rings (SSSR count). The first kappa shape index (κ1) is 11.9. The van der Waals surface area contributed by atoms with Gasteiger partial charge in [0.25, 0.3) is 0 Å². The second-order valence-electron chi connectivity index (χ2n) is 3.92. The number of hydrogen-bond donors (Lipinski definition) is 1. The molecule has 0 saturated heterocycles. The predicted molar refractivity (Wildman–Crippen MR) is 75.6 cm³/mol. The third-order valence-corrected chi connectivity index (χ3v) is 4.39. The zero-order chi connectivity index (χ0) is 11.7. The van der Waals surface area contributed by atoms with Crippen LogP contribution in [0, 0.1) is 13.8 Å². The summed E-state index contributed by atoms with van der Waals surface area (Å²) in [6.07, 6.45) is 1.12. The molecule has 0 spiro atoms. The Bertz CT molecular complexity index is 519. The van der Waals surface area contributed by atoms with Gasteiger partial charge >= 0.3 is 0 Å². The van der Waals surface area contributed by atoms with Crippen molar-refractivity contribution in [3.63, 3.8) is 0 Å². The van der Waals surface area contributed by atoms with Crippen molar-refractivity contribution in [2.75, 3.05) is 11.9 Å². The quantitative estimate of drug-likeness (QED) is 0.902. The molecule has 2 nitrogen and oxygen atoms in total. The van der Waals surface area contributed by atoms with Gasteiger partial charge in [-0.3, -0.25) is 0 Å². The summed E-state index contributed by atoms with van der Waals surface area (Å²) in [6, 6.07) is 2.14. The van der Waals surface area contributed by atoms with Gasteiger partial charge in [0.05, 0.1) is 10.2 Å². The van der Waals surface area contributed by atoms with Crippen LogP contribution in [-0.2, 0) is 0 Å². The summed E-state index contributed by atoms with van der Waals surface area (Å²) in [5.74, 6) is 0. The number of anilines is 1. The molecular weight excluding hydrogens is 284 g/mol. The Morgan fingerprint density at radius 1 is 1.44 bits per heavy atom. The van der Waals surface area contributed by atoms with Crippen molar-refractivity contribution in [3.8, 4) is 0 Å². The molecular formula is C12H15BrN2S. The standard InChI is InChI=1S/C12H15BrN2S/c1-4-5-14-12-15-10-9(13)6-7(2)8(3)11(10)16-12/h6H,4-5H2,1-3H3,(H,14,15). The number of nitrogens with one attached hydrogen (secondary N) is 1. The summed E-state index contributed by atoms with van der Waals surface area (Å²) in [4.78, 5) is 4.61. The number of aryl methyl sites for hydroxylation is 2. The highest BCUT2D eigenvalue weighted by Crippen LogP contribution is 2.35. The van der Waals surface area contributed by atoms with E-state index >= 15 is 0 Å². The minimum Gasteiger partial charge on any atom is -0.361 e. The molecule has 16 heavy (non-hydrogen) atoms. The van der Waals surface area contributed by atoms with Crippen LogP contribution in [0.25, 0.3) is 10.2 Å². The predicted octanol–water partition coefficient (Wildman–Crippen LogP) is 4.50. The number of benzene rings is 1. The Kier molecular flexibility index (Phi) is 3.50. The smallest absolute Gasteiger partial charge is 0.183 e. The molecule has 0 aliphatic carbocycles. The molecule has 4 heteroatoms. The van der Waals surface area contributed by atoms with Crippen molar-refractivity contribution in [2.24, 2.45) is 0 Å². The van der Waals surface area contributed by atoms with Crippen LogP contribution < -0.4 is 5.32 Å². The molecule has 2 aromatic rings. The molecule has 0 unspecified atom stereocenters. The van der Waals surface area contributed by atoms with Crippen molar-refractivity contribution in [1.29, 1.82) is 0 Å². The first-order valence-electron chi connectivity index (χ1n) is 5.43. The Labute approximate surface area is 108 Å². The lowest BCUT2D eigenvalue weighted by atomic mass is 10.1. The van der Waals surface area contributed by atoms with Gasteiger partial charge in [0.2, 0.25) is 0 Å². The Balaban J connectivity index is 2.52. The maximum atomic E-state index is 4.61. The van der Waals surface area contributed by atoms with Gasteiger partial charge in [0, 0.05) is 11.0 Å². The fourth-order valence-corrected chi connectivity index (χ4v) is 3.42. The zero-order valence-corrected chi connectivity index (χ0v) is 12.1. The van der Waals surface area contributed by atoms with Gasteiger partial charge in [-0.05, 0) is 53.4 Å². The maximum Gasteiger partial charge on any atom is 0.183 e. The highest BCUT2D eigenvalue weighted by molar-refractivity contribution is 9.10. The summed E-state index contributed by atoms with van der Waals surface area (Å²) < 4.78 is 2.37. The number of hydrogen-bond acceptors (Lipinski definition) is 3. The second-order valence-corrected chi connectivity index (χ2v) is 5.78. The SMILES string of the molecule is CCCNc1nc2c(Br)cc(C)c(C)c2s1. The number of aromatic nitrogens is 1. The first-order chi connectivity index (χ1) is 7.63. The normalized spacial score (nSPS) is 11.0. The van der Waals surface area contributed by atoms with Crippen molar-refractivity contribution in [1.82, 2.24) is 4.98 Å². The summed E-state index contributed by atoms with van der Waals surface area (Å²) in [7, 11) is 0. The minimum absolute atomic E-state index is 0.982. The number of thiazole rings is 1. The van der Waals surface area contributed by atoms with Crippen molar-refractivity contribution in [2.45, 2.75) is 27.2 Å². The lowest BCUT2D eigenvalue weighted by Crippen LogP contribution is -1.98. The topological polar surface area (TPSA) is 24.9 Å². The van der Waals surface area contributed by atoms with Crippen molar-refractivity contribution >= 4 is 42.6 Å². The Morgan fingerprint density at radius 3 is 2.88 bits per heavy atom. The van der Waals surface area contributed by atoms with Crippen LogP contribution in [0.5, 0.6) is 0 Å². The van der Waals surface area contributed by atoms with E-state index in [1.54, 1.807) is 11.3 Å². The van der Waals surface area contributed by atoms with E-state index in [1.807, 2.05) is 0 Å². The van der Waals surface area contributed by atoms with E-state index in [-0.39, 0.29) is 0 Å². The van der Waals surface area contributed by atoms with E-state index in [2.05, 4.69) is 53.1 Å². The largest absolute Gasteiger partial charge is 0.361 e. The van der Waals surface area contributed by atoms with Crippen LogP contribution in [0.15, 0.2) is 10.5 Å². The van der Waals surface area contributed by atoms with Crippen molar-refractivity contribution < 1.29 is 0 Å². The molecule has 1 aromatic heterocycles. The zero-order valence-electron chi connectivity index (χ0n) is 9.72. The number of halogens is 1. The van der Waals surface area contributed by atoms with E-state index in [4.69, 9.17) is 0 Å². The van der Waals surface area contributed by atoms with E-state index in [9.17, 15) is 0 Å². The maximum absolute atomic E-state index is 4.61. The van der Waals surface area contributed by atoms with Gasteiger partial charge in [-0.1, -0.05) is 18.3 Å². The molecule has 0 radical (unpaired) electrons. The van der Waals surface area contributed by atoms with Crippen LogP contribution in [0.4, 0.5) is 5.13 Å². The van der Waals surface area contributed by atoms with E-state index in [1.165, 1.54) is 15.8 Å². The minimum atomic E-state index is 0.982. The van der Waals surface area contributed by atoms with Crippen LogP contribution in [-0.4, -0.2) is 11.5 Å². The van der Waals surface area contributed by atoms with Gasteiger partial charge < -0.3 is 5.32 Å². The van der Waals surface area contributed by atoms with Crippen molar-refractivity contribution in [3.05, 3.63) is 21.7 Å². The van der Waals surface area contributed by atoms with E-state index in [0.29, 0.717) is 0 Å². The fraction of sp³-hybridized carbons (Fsp3) is 0.417. The molecule has 0 aliphatic rings. The lowest BCUT2D eigenvalue weighted by molar-refractivity contribution is 0.977. The summed E-state index contributed by atoms with van der Waals surface area (Å²) in [6.45, 7) is 7.44. The third kappa shape index (κ3) is 2.09. The van der Waals surface area contributed by atoms with E-state index < -0.39 is 0 Å². The summed E-state index contributed by atoms with van der Waals surface area (Å²) in [5.41, 5.74) is 3.72. The van der Waals surface area contributed by atoms with Crippen LogP contribution in [0.2, 0.25) is 0 Å². The number of nitrogens with zero attached hydrogens (tertiary/aromatic N) is 1. The molecule has 0 saturated carbocycles. The molecule has 1 N–H and O–H groups in total. The third-order valence-electron chi connectivity index (χ3n) is 2.65. The molecule has 1 aromatic carbocycles. The molecule has 0 aliphatic heterocycles. The molecule has 0 bridgehead atoms. The van der Waals surface area contributed by atoms with Crippen LogP contribution in [0.3, 0.4) is 0 Å². The summed E-state index contributed by atoms with van der Waals surface area (Å²) in [5, 5.41) is 4.36. The number of fused-ring (bicyclic) bond motifs is 1. The molecule has 0 atom stereocenters. The first-order valence-corrected chi connectivity index (χ1v) is 7.04. The average Bonchev–Trinajstić information content (AvgIpc) is 2.68. The van der Waals surface area contributed by atoms with E-state index in [0.717, 1.165) is 28.1 Å². The van der Waals surface area contributed by atoms with Crippen LogP contribution >= 0.6 is 27.3 Å². The van der Waals surface area contributed by atoms with Gasteiger partial charge in [-0.2, -0.15) is 0 Å². The van der Waals surface area contributed by atoms with Gasteiger partial charge in [-0.25, -0.2) is 4.98 Å². The Morgan fingerprint density at radius 2 is 2.19 bits per heavy atom. The average molecular weight is 299 g/mol. The van der Waals surface area contributed by atoms with Gasteiger partial charge in [0.15, 0.2) is 5.13 Å². The second kappa shape index (κ2) is 4.72.